The predicted molar refractivity (Wildman–Crippen MR) is 138 cm³/mol. The summed E-state index contributed by atoms with van der Waals surface area (Å²) in [4.78, 5) is 44.3. The van der Waals surface area contributed by atoms with Gasteiger partial charge in [0, 0.05) is 18.8 Å². The van der Waals surface area contributed by atoms with Gasteiger partial charge in [-0.1, -0.05) is 78.9 Å². The third-order valence-corrected chi connectivity index (χ3v) is 7.25. The van der Waals surface area contributed by atoms with Crippen LogP contribution in [0.2, 0.25) is 0 Å². The van der Waals surface area contributed by atoms with Crippen molar-refractivity contribution < 1.29 is 24.2 Å². The summed E-state index contributed by atoms with van der Waals surface area (Å²) < 4.78 is 5.51. The number of ether oxygens (including phenoxy) is 1. The second-order valence-electron chi connectivity index (χ2n) is 9.39. The highest BCUT2D eigenvalue weighted by molar-refractivity contribution is 5.96. The van der Waals surface area contributed by atoms with Crippen molar-refractivity contribution in [2.45, 2.75) is 31.0 Å². The van der Waals surface area contributed by atoms with Gasteiger partial charge in [0.15, 0.2) is 6.04 Å². The molecule has 2 saturated heterocycles. The van der Waals surface area contributed by atoms with E-state index in [-0.39, 0.29) is 19.2 Å². The number of benzene rings is 3. The van der Waals surface area contributed by atoms with Gasteiger partial charge in [-0.15, -0.1) is 0 Å². The van der Waals surface area contributed by atoms with Crippen molar-refractivity contribution in [3.63, 3.8) is 0 Å². The van der Waals surface area contributed by atoms with E-state index in [1.165, 1.54) is 4.90 Å². The smallest absolute Gasteiger partial charge is 0.410 e. The van der Waals surface area contributed by atoms with Gasteiger partial charge in [-0.05, 0) is 36.1 Å². The molecule has 1 N–H and O–H groups in total. The van der Waals surface area contributed by atoms with Crippen LogP contribution in [0.1, 0.15) is 30.0 Å². The molecule has 5 rings (SSSR count). The molecule has 0 aromatic heterocycles. The van der Waals surface area contributed by atoms with Crippen molar-refractivity contribution in [1.29, 1.82) is 0 Å². The predicted octanol–water partition coefficient (Wildman–Crippen LogP) is 4.29. The molecule has 190 valence electrons. The molecular weight excluding hydrogens is 470 g/mol. The van der Waals surface area contributed by atoms with Gasteiger partial charge in [0.05, 0.1) is 6.67 Å². The van der Waals surface area contributed by atoms with Gasteiger partial charge in [0.2, 0.25) is 0 Å². The lowest BCUT2D eigenvalue weighted by Crippen LogP contribution is -2.57. The lowest BCUT2D eigenvalue weighted by Gasteiger charge is -2.43. The summed E-state index contributed by atoms with van der Waals surface area (Å²) in [5.41, 5.74) is 1.35. The Bertz CT molecular complexity index is 1240. The number of aliphatic carboxylic acids is 1. The zero-order chi connectivity index (χ0) is 25.8. The molecule has 8 nitrogen and oxygen atoms in total. The maximum Gasteiger partial charge on any atom is 0.410 e. The quantitative estimate of drug-likeness (QED) is 0.544. The first-order valence-electron chi connectivity index (χ1n) is 12.4. The van der Waals surface area contributed by atoms with E-state index < -0.39 is 23.6 Å². The largest absolute Gasteiger partial charge is 0.479 e. The van der Waals surface area contributed by atoms with Crippen LogP contribution < -0.4 is 4.90 Å². The third-order valence-electron chi connectivity index (χ3n) is 7.25. The van der Waals surface area contributed by atoms with Crippen molar-refractivity contribution in [1.82, 2.24) is 9.80 Å². The number of hydrogen-bond acceptors (Lipinski definition) is 5. The standard InChI is InChI=1S/C29H29N3O5/c33-26(34)25(23-12-6-2-7-13-23)31-21-32(24-14-8-3-9-15-24)29(27(31)35)16-18-30(19-17-29)28(36)37-20-22-10-4-1-5-11-22/h1-15,25H,16-21H2,(H,33,34). The van der Waals surface area contributed by atoms with Crippen molar-refractivity contribution >= 4 is 23.7 Å². The summed E-state index contributed by atoms with van der Waals surface area (Å²) in [6, 6.07) is 26.8. The summed E-state index contributed by atoms with van der Waals surface area (Å²) in [5, 5.41) is 10.1. The first-order valence-corrected chi connectivity index (χ1v) is 12.4. The van der Waals surface area contributed by atoms with Gasteiger partial charge in [-0.25, -0.2) is 9.59 Å². The van der Waals surface area contributed by atoms with Crippen LogP contribution in [0, 0.1) is 0 Å². The van der Waals surface area contributed by atoms with E-state index in [9.17, 15) is 19.5 Å². The van der Waals surface area contributed by atoms with Crippen LogP contribution >= 0.6 is 0 Å². The van der Waals surface area contributed by atoms with Crippen LogP contribution in [-0.2, 0) is 20.9 Å². The fraction of sp³-hybridized carbons (Fsp3) is 0.276. The summed E-state index contributed by atoms with van der Waals surface area (Å²) in [6.07, 6.45) is 0.331. The maximum atomic E-state index is 14.1. The van der Waals surface area contributed by atoms with Crippen LogP contribution in [0.5, 0.6) is 0 Å². The Morgan fingerprint density at radius 1 is 0.865 bits per heavy atom. The number of anilines is 1. The Balaban J connectivity index is 1.38. The Morgan fingerprint density at radius 3 is 2.03 bits per heavy atom. The van der Waals surface area contributed by atoms with Crippen molar-refractivity contribution in [2.24, 2.45) is 0 Å². The van der Waals surface area contributed by atoms with E-state index in [1.54, 1.807) is 29.2 Å². The molecule has 0 saturated carbocycles. The van der Waals surface area contributed by atoms with Gasteiger partial charge >= 0.3 is 12.1 Å². The monoisotopic (exact) mass is 499 g/mol. The number of hydrogen-bond donors (Lipinski definition) is 1. The Kier molecular flexibility index (Phi) is 6.81. The molecular formula is C29H29N3O5. The molecule has 3 aromatic carbocycles. The minimum atomic E-state index is -1.10. The van der Waals surface area contributed by atoms with Gasteiger partial charge < -0.3 is 24.5 Å². The molecule has 2 amide bonds. The molecule has 2 heterocycles. The number of piperidine rings is 1. The topological polar surface area (TPSA) is 90.4 Å². The number of likely N-dealkylation sites (tertiary alicyclic amines) is 1. The normalized spacial score (nSPS) is 17.6. The van der Waals surface area contributed by atoms with Crippen LogP contribution in [0.15, 0.2) is 91.0 Å². The minimum absolute atomic E-state index is 0.146. The second kappa shape index (κ2) is 10.3. The SMILES string of the molecule is O=C(O)C(c1ccccc1)N1CN(c2ccccc2)C2(CCN(C(=O)OCc3ccccc3)CC2)C1=O. The number of carbonyl (C=O) groups excluding carboxylic acids is 2. The minimum Gasteiger partial charge on any atom is -0.479 e. The number of nitrogens with zero attached hydrogens (tertiary/aromatic N) is 3. The average Bonchev–Trinajstić information content (AvgIpc) is 3.20. The highest BCUT2D eigenvalue weighted by Gasteiger charge is 2.56. The first kappa shape index (κ1) is 24.4. The zero-order valence-electron chi connectivity index (χ0n) is 20.4. The van der Waals surface area contributed by atoms with Crippen molar-refractivity contribution in [2.75, 3.05) is 24.7 Å². The molecule has 2 fully saturated rings. The van der Waals surface area contributed by atoms with E-state index in [0.717, 1.165) is 11.3 Å². The lowest BCUT2D eigenvalue weighted by atomic mass is 9.85. The number of carboxylic acid groups (broad SMARTS) is 1. The number of para-hydroxylation sites is 1. The van der Waals surface area contributed by atoms with E-state index in [0.29, 0.717) is 31.5 Å². The molecule has 2 aliphatic heterocycles. The summed E-state index contributed by atoms with van der Waals surface area (Å²) >= 11 is 0. The fourth-order valence-electron chi connectivity index (χ4n) is 5.32. The van der Waals surface area contributed by atoms with Gasteiger partial charge in [-0.2, -0.15) is 0 Å². The number of carbonyl (C=O) groups is 3. The van der Waals surface area contributed by atoms with Crippen LogP contribution in [0.3, 0.4) is 0 Å². The fourth-order valence-corrected chi connectivity index (χ4v) is 5.32. The molecule has 1 unspecified atom stereocenters. The van der Waals surface area contributed by atoms with Crippen LogP contribution in [-0.4, -0.2) is 58.2 Å². The van der Waals surface area contributed by atoms with Gasteiger partial charge in [-0.3, -0.25) is 4.79 Å². The lowest BCUT2D eigenvalue weighted by molar-refractivity contribution is -0.150. The Morgan fingerprint density at radius 2 is 1.43 bits per heavy atom. The Labute approximate surface area is 215 Å². The molecule has 0 radical (unpaired) electrons. The van der Waals surface area contributed by atoms with Gasteiger partial charge in [0.25, 0.3) is 5.91 Å². The molecule has 0 aliphatic carbocycles. The molecule has 2 aliphatic rings. The summed E-state index contributed by atoms with van der Waals surface area (Å²) in [5.74, 6) is -1.31. The van der Waals surface area contributed by atoms with Crippen molar-refractivity contribution in [3.05, 3.63) is 102 Å². The average molecular weight is 500 g/mol. The molecule has 1 atom stereocenters. The van der Waals surface area contributed by atoms with Crippen molar-refractivity contribution in [3.8, 4) is 0 Å². The van der Waals surface area contributed by atoms with Gasteiger partial charge in [0.1, 0.15) is 12.1 Å². The highest BCUT2D eigenvalue weighted by atomic mass is 16.6. The maximum absolute atomic E-state index is 14.1. The van der Waals surface area contributed by atoms with E-state index in [4.69, 9.17) is 4.74 Å². The summed E-state index contributed by atoms with van der Waals surface area (Å²) in [6.45, 7) is 0.994. The molecule has 1 spiro atoms. The molecule has 8 heteroatoms. The molecule has 0 bridgehead atoms. The van der Waals surface area contributed by atoms with Crippen LogP contribution in [0.25, 0.3) is 0 Å². The molecule has 3 aromatic rings. The van der Waals surface area contributed by atoms with E-state index >= 15 is 0 Å². The van der Waals surface area contributed by atoms with E-state index in [1.807, 2.05) is 71.6 Å². The first-order chi connectivity index (χ1) is 18.0. The van der Waals surface area contributed by atoms with Crippen LogP contribution in [0.4, 0.5) is 10.5 Å². The number of amides is 2. The Hall–Kier alpha value is -4.33. The zero-order valence-corrected chi connectivity index (χ0v) is 20.4. The molecule has 37 heavy (non-hydrogen) atoms. The van der Waals surface area contributed by atoms with E-state index in [2.05, 4.69) is 0 Å². The summed E-state index contributed by atoms with van der Waals surface area (Å²) in [7, 11) is 0. The number of rotatable bonds is 6. The second-order valence-corrected chi connectivity index (χ2v) is 9.39. The third kappa shape index (κ3) is 4.74. The number of carboxylic acids is 1. The highest BCUT2D eigenvalue weighted by Crippen LogP contribution is 2.42.